The van der Waals surface area contributed by atoms with Gasteiger partial charge in [0, 0.05) is 64.3 Å². The van der Waals surface area contributed by atoms with Crippen LogP contribution in [0, 0.1) is 6.92 Å². The number of amides is 2. The van der Waals surface area contributed by atoms with Crippen LogP contribution in [0.3, 0.4) is 0 Å². The standard InChI is InChI=1S/C28H30F3N5O2/c1-20-24(10-11-26(33-20)28(29,30)31)27(38)35-16-15-34(18-22-7-5-12-32-17-22)13-6-14-36(21(2)37)25-9-4-3-8-23(25)19-35/h3-5,7-12,17H,6,13-16,18-19H2,1-2H3. The minimum absolute atomic E-state index is 0.0185. The van der Waals surface area contributed by atoms with Crippen molar-refractivity contribution >= 4 is 17.5 Å². The number of pyridine rings is 2. The van der Waals surface area contributed by atoms with Crippen molar-refractivity contribution in [1.82, 2.24) is 19.8 Å². The van der Waals surface area contributed by atoms with Crippen LogP contribution in [0.4, 0.5) is 18.9 Å². The van der Waals surface area contributed by atoms with Gasteiger partial charge in [0.15, 0.2) is 0 Å². The number of aryl methyl sites for hydroxylation is 1. The van der Waals surface area contributed by atoms with E-state index in [0.29, 0.717) is 32.7 Å². The summed E-state index contributed by atoms with van der Waals surface area (Å²) in [7, 11) is 0. The quantitative estimate of drug-likeness (QED) is 0.496. The minimum Gasteiger partial charge on any atom is -0.333 e. The first kappa shape index (κ1) is 27.3. The summed E-state index contributed by atoms with van der Waals surface area (Å²) in [6.07, 6.45) is -0.366. The van der Waals surface area contributed by atoms with Crippen LogP contribution in [0.1, 0.15) is 46.2 Å². The van der Waals surface area contributed by atoms with Crippen LogP contribution in [0.25, 0.3) is 0 Å². The van der Waals surface area contributed by atoms with E-state index in [1.165, 1.54) is 19.9 Å². The zero-order valence-electron chi connectivity index (χ0n) is 21.4. The summed E-state index contributed by atoms with van der Waals surface area (Å²) in [6.45, 7) is 5.82. The number of hydrogen-bond acceptors (Lipinski definition) is 5. The monoisotopic (exact) mass is 525 g/mol. The second-order valence-corrected chi connectivity index (χ2v) is 9.34. The summed E-state index contributed by atoms with van der Waals surface area (Å²) in [4.78, 5) is 39.7. The molecule has 0 radical (unpaired) electrons. The number of aromatic nitrogens is 2. The molecule has 3 heterocycles. The Hall–Kier alpha value is -3.79. The van der Waals surface area contributed by atoms with E-state index in [-0.39, 0.29) is 23.7 Å². The first-order valence-corrected chi connectivity index (χ1v) is 12.4. The summed E-state index contributed by atoms with van der Waals surface area (Å²) in [5, 5.41) is 0. The summed E-state index contributed by atoms with van der Waals surface area (Å²) < 4.78 is 39.5. The number of rotatable bonds is 3. The highest BCUT2D eigenvalue weighted by atomic mass is 19.4. The van der Waals surface area contributed by atoms with E-state index in [0.717, 1.165) is 29.3 Å². The number of fused-ring (bicyclic) bond motifs is 1. The summed E-state index contributed by atoms with van der Waals surface area (Å²) >= 11 is 0. The SMILES string of the molecule is CC(=O)N1CCCN(Cc2cccnc2)CCN(C(=O)c2ccc(C(F)(F)F)nc2C)Cc2ccccc21. The lowest BCUT2D eigenvalue weighted by Gasteiger charge is -2.28. The summed E-state index contributed by atoms with van der Waals surface area (Å²) in [5.74, 6) is -0.510. The first-order chi connectivity index (χ1) is 18.1. The minimum atomic E-state index is -4.59. The molecule has 1 aromatic carbocycles. The predicted molar refractivity (Wildman–Crippen MR) is 137 cm³/mol. The zero-order valence-corrected chi connectivity index (χ0v) is 21.4. The van der Waals surface area contributed by atoms with Gasteiger partial charge in [-0.25, -0.2) is 4.98 Å². The molecule has 0 saturated carbocycles. The number of hydrogen-bond donors (Lipinski definition) is 0. The van der Waals surface area contributed by atoms with Crippen molar-refractivity contribution in [1.29, 1.82) is 0 Å². The van der Waals surface area contributed by atoms with Crippen LogP contribution in [-0.4, -0.2) is 57.8 Å². The van der Waals surface area contributed by atoms with Crippen LogP contribution >= 0.6 is 0 Å². The third-order valence-corrected chi connectivity index (χ3v) is 6.59. The van der Waals surface area contributed by atoms with E-state index < -0.39 is 17.8 Å². The molecule has 200 valence electrons. The molecule has 0 saturated heterocycles. The first-order valence-electron chi connectivity index (χ1n) is 12.4. The second-order valence-electron chi connectivity index (χ2n) is 9.34. The molecular weight excluding hydrogens is 495 g/mol. The van der Waals surface area contributed by atoms with Crippen molar-refractivity contribution in [2.45, 2.75) is 39.5 Å². The molecule has 0 spiro atoms. The van der Waals surface area contributed by atoms with Crippen molar-refractivity contribution in [3.8, 4) is 0 Å². The Morgan fingerprint density at radius 1 is 0.974 bits per heavy atom. The number of alkyl halides is 3. The molecular formula is C28H30F3N5O2. The van der Waals surface area contributed by atoms with Crippen molar-refractivity contribution in [2.75, 3.05) is 31.1 Å². The molecule has 10 heteroatoms. The maximum atomic E-state index is 13.7. The molecule has 1 aliphatic heterocycles. The van der Waals surface area contributed by atoms with Crippen LogP contribution in [0.5, 0.6) is 0 Å². The van der Waals surface area contributed by atoms with E-state index >= 15 is 0 Å². The highest BCUT2D eigenvalue weighted by Crippen LogP contribution is 2.29. The van der Waals surface area contributed by atoms with E-state index in [4.69, 9.17) is 0 Å². The Bertz CT molecular complexity index is 1280. The molecule has 0 fully saturated rings. The number of para-hydroxylation sites is 1. The molecule has 2 amide bonds. The van der Waals surface area contributed by atoms with Crippen LogP contribution < -0.4 is 4.90 Å². The number of benzene rings is 1. The molecule has 0 unspecified atom stereocenters. The molecule has 2 aromatic heterocycles. The Labute approximate surface area is 219 Å². The van der Waals surface area contributed by atoms with Crippen LogP contribution in [0.2, 0.25) is 0 Å². The lowest BCUT2D eigenvalue weighted by atomic mass is 10.1. The molecule has 0 aliphatic carbocycles. The molecule has 7 nitrogen and oxygen atoms in total. The Morgan fingerprint density at radius 3 is 2.45 bits per heavy atom. The smallest absolute Gasteiger partial charge is 0.333 e. The highest BCUT2D eigenvalue weighted by Gasteiger charge is 2.33. The van der Waals surface area contributed by atoms with Gasteiger partial charge in [0.1, 0.15) is 5.69 Å². The van der Waals surface area contributed by atoms with E-state index in [1.54, 1.807) is 22.2 Å². The highest BCUT2D eigenvalue weighted by molar-refractivity contribution is 5.96. The van der Waals surface area contributed by atoms with Gasteiger partial charge in [0.25, 0.3) is 5.91 Å². The summed E-state index contributed by atoms with van der Waals surface area (Å²) in [6, 6.07) is 13.3. The van der Waals surface area contributed by atoms with Gasteiger partial charge in [-0.15, -0.1) is 0 Å². The Kier molecular flexibility index (Phi) is 8.41. The third kappa shape index (κ3) is 6.55. The molecule has 0 bridgehead atoms. The number of carbonyl (C=O) groups excluding carboxylic acids is 2. The fourth-order valence-corrected chi connectivity index (χ4v) is 4.66. The van der Waals surface area contributed by atoms with E-state index in [9.17, 15) is 22.8 Å². The zero-order chi connectivity index (χ0) is 27.3. The Balaban J connectivity index is 1.69. The van der Waals surface area contributed by atoms with Gasteiger partial charge >= 0.3 is 6.18 Å². The van der Waals surface area contributed by atoms with Crippen LogP contribution in [-0.2, 0) is 24.1 Å². The number of halogens is 3. The number of anilines is 1. The molecule has 0 N–H and O–H groups in total. The van der Waals surface area contributed by atoms with Crippen LogP contribution in [0.15, 0.2) is 60.9 Å². The topological polar surface area (TPSA) is 69.6 Å². The maximum Gasteiger partial charge on any atom is 0.433 e. The lowest BCUT2D eigenvalue weighted by molar-refractivity contribution is -0.141. The van der Waals surface area contributed by atoms with Crippen molar-refractivity contribution in [3.63, 3.8) is 0 Å². The Morgan fingerprint density at radius 2 is 1.76 bits per heavy atom. The van der Waals surface area contributed by atoms with Gasteiger partial charge in [-0.2, -0.15) is 13.2 Å². The normalized spacial score (nSPS) is 15.5. The van der Waals surface area contributed by atoms with Crippen molar-refractivity contribution < 1.29 is 22.8 Å². The van der Waals surface area contributed by atoms with Crippen molar-refractivity contribution in [2.24, 2.45) is 0 Å². The molecule has 38 heavy (non-hydrogen) atoms. The van der Waals surface area contributed by atoms with Gasteiger partial charge in [0.05, 0.1) is 11.3 Å². The fourth-order valence-electron chi connectivity index (χ4n) is 4.66. The number of nitrogens with zero attached hydrogens (tertiary/aromatic N) is 5. The summed E-state index contributed by atoms with van der Waals surface area (Å²) in [5.41, 5.74) is 1.64. The molecule has 0 atom stereocenters. The van der Waals surface area contributed by atoms with Gasteiger partial charge in [-0.05, 0) is 48.7 Å². The largest absolute Gasteiger partial charge is 0.433 e. The second kappa shape index (κ2) is 11.7. The third-order valence-electron chi connectivity index (χ3n) is 6.59. The maximum absolute atomic E-state index is 13.7. The molecule has 3 aromatic rings. The van der Waals surface area contributed by atoms with Gasteiger partial charge in [-0.3, -0.25) is 19.5 Å². The molecule has 1 aliphatic rings. The van der Waals surface area contributed by atoms with Gasteiger partial charge in [0.2, 0.25) is 5.91 Å². The number of carbonyl (C=O) groups is 2. The fraction of sp³-hybridized carbons (Fsp3) is 0.357. The lowest BCUT2D eigenvalue weighted by Crippen LogP contribution is -2.39. The van der Waals surface area contributed by atoms with E-state index in [2.05, 4.69) is 14.9 Å². The van der Waals surface area contributed by atoms with E-state index in [1.807, 2.05) is 36.4 Å². The molecule has 4 rings (SSSR count). The van der Waals surface area contributed by atoms with Gasteiger partial charge < -0.3 is 9.80 Å². The predicted octanol–water partition coefficient (Wildman–Crippen LogP) is 4.71. The van der Waals surface area contributed by atoms with Gasteiger partial charge in [-0.1, -0.05) is 24.3 Å². The van der Waals surface area contributed by atoms with Crippen molar-refractivity contribution in [3.05, 3.63) is 89.0 Å². The average Bonchev–Trinajstić information content (AvgIpc) is 2.91. The average molecular weight is 526 g/mol.